The van der Waals surface area contributed by atoms with Crippen molar-refractivity contribution in [3.8, 4) is 0 Å². The molecule has 0 aromatic rings. The van der Waals surface area contributed by atoms with E-state index in [9.17, 15) is 0 Å². The van der Waals surface area contributed by atoms with Crippen LogP contribution < -0.4 is 5.32 Å². The molecule has 0 aliphatic rings. The molecule has 0 saturated heterocycles. The van der Waals surface area contributed by atoms with Crippen LogP contribution in [0.1, 0.15) is 6.92 Å². The Bertz CT molecular complexity index is 80.2. The number of nitrogens with zero attached hydrogens (tertiary/aromatic N) is 1. The van der Waals surface area contributed by atoms with Crippen molar-refractivity contribution in [2.24, 2.45) is 0 Å². The summed E-state index contributed by atoms with van der Waals surface area (Å²) in [4.78, 5) is 2.16. The van der Waals surface area contributed by atoms with E-state index in [0.29, 0.717) is 6.04 Å². The predicted octanol–water partition coefficient (Wildman–Crippen LogP) is 0.173. The van der Waals surface area contributed by atoms with Crippen molar-refractivity contribution in [1.82, 2.24) is 10.2 Å². The van der Waals surface area contributed by atoms with E-state index in [4.69, 9.17) is 4.74 Å². The Balaban J connectivity index is 3.50. The van der Waals surface area contributed by atoms with Gasteiger partial charge in [0.25, 0.3) is 0 Å². The number of rotatable bonds is 6. The molecule has 68 valence electrons. The lowest BCUT2D eigenvalue weighted by Gasteiger charge is -2.20. The van der Waals surface area contributed by atoms with Gasteiger partial charge < -0.3 is 15.0 Å². The van der Waals surface area contributed by atoms with Crippen LogP contribution in [0.2, 0.25) is 0 Å². The van der Waals surface area contributed by atoms with Crippen molar-refractivity contribution in [3.05, 3.63) is 0 Å². The van der Waals surface area contributed by atoms with Crippen LogP contribution >= 0.6 is 0 Å². The quantitative estimate of drug-likeness (QED) is 0.599. The van der Waals surface area contributed by atoms with E-state index < -0.39 is 0 Å². The molecule has 0 heterocycles. The normalized spacial score (nSPS) is 13.9. The maximum absolute atomic E-state index is 5.07. The van der Waals surface area contributed by atoms with Gasteiger partial charge in [-0.25, -0.2) is 0 Å². The number of methoxy groups -OCH3 is 1. The second-order valence-corrected chi connectivity index (χ2v) is 2.97. The number of likely N-dealkylation sites (N-methyl/N-ethyl adjacent to an activating group) is 2. The maximum atomic E-state index is 5.07. The lowest BCUT2D eigenvalue weighted by atomic mass is 10.3. The van der Waals surface area contributed by atoms with Crippen LogP contribution in [0.4, 0.5) is 0 Å². The molecule has 0 fully saturated rings. The van der Waals surface area contributed by atoms with Gasteiger partial charge in [0.1, 0.15) is 0 Å². The molecule has 3 nitrogen and oxygen atoms in total. The molecule has 0 bridgehead atoms. The third-order valence-electron chi connectivity index (χ3n) is 1.45. The Morgan fingerprint density at radius 3 is 2.45 bits per heavy atom. The van der Waals surface area contributed by atoms with Crippen LogP contribution in [-0.2, 0) is 4.74 Å². The van der Waals surface area contributed by atoms with Gasteiger partial charge in [-0.15, -0.1) is 0 Å². The molecule has 1 unspecified atom stereocenters. The van der Waals surface area contributed by atoms with E-state index in [2.05, 4.69) is 31.2 Å². The van der Waals surface area contributed by atoms with Gasteiger partial charge in [0.05, 0.1) is 6.61 Å². The highest BCUT2D eigenvalue weighted by Gasteiger charge is 2.06. The second kappa shape index (κ2) is 6.58. The number of hydrogen-bond acceptors (Lipinski definition) is 3. The minimum atomic E-state index is 0.458. The largest absolute Gasteiger partial charge is 0.383 e. The summed E-state index contributed by atoms with van der Waals surface area (Å²) in [7, 11) is 5.88. The minimum absolute atomic E-state index is 0.458. The molecule has 1 atom stereocenters. The van der Waals surface area contributed by atoms with Crippen molar-refractivity contribution in [2.75, 3.05) is 40.9 Å². The summed E-state index contributed by atoms with van der Waals surface area (Å²) in [6.07, 6.45) is 0. The third kappa shape index (κ3) is 6.28. The van der Waals surface area contributed by atoms with Gasteiger partial charge in [0.2, 0.25) is 0 Å². The Labute approximate surface area is 69.7 Å². The molecule has 11 heavy (non-hydrogen) atoms. The highest BCUT2D eigenvalue weighted by Crippen LogP contribution is 1.87. The van der Waals surface area contributed by atoms with E-state index in [1.54, 1.807) is 7.11 Å². The zero-order valence-corrected chi connectivity index (χ0v) is 8.05. The summed E-state index contributed by atoms with van der Waals surface area (Å²) >= 11 is 0. The van der Waals surface area contributed by atoms with Gasteiger partial charge >= 0.3 is 0 Å². The predicted molar refractivity (Wildman–Crippen MR) is 47.9 cm³/mol. The molecule has 0 aliphatic heterocycles. The summed E-state index contributed by atoms with van der Waals surface area (Å²) in [5.74, 6) is 0. The molecule has 0 saturated carbocycles. The first-order valence-electron chi connectivity index (χ1n) is 4.07. The summed E-state index contributed by atoms with van der Waals surface area (Å²) in [6.45, 7) is 4.92. The van der Waals surface area contributed by atoms with Crippen LogP contribution in [0.3, 0.4) is 0 Å². The molecule has 0 amide bonds. The molecular formula is C8H20N2O. The molecule has 0 aromatic heterocycles. The zero-order valence-electron chi connectivity index (χ0n) is 8.05. The van der Waals surface area contributed by atoms with Crippen molar-refractivity contribution in [1.29, 1.82) is 0 Å². The number of ether oxygens (including phenoxy) is 1. The number of nitrogens with one attached hydrogen (secondary N) is 1. The Kier molecular flexibility index (Phi) is 6.51. The van der Waals surface area contributed by atoms with Crippen molar-refractivity contribution in [3.63, 3.8) is 0 Å². The maximum Gasteiger partial charge on any atom is 0.0628 e. The Morgan fingerprint density at radius 2 is 2.09 bits per heavy atom. The third-order valence-corrected chi connectivity index (χ3v) is 1.45. The Morgan fingerprint density at radius 1 is 1.45 bits per heavy atom. The summed E-state index contributed by atoms with van der Waals surface area (Å²) < 4.78 is 5.07. The molecule has 0 radical (unpaired) electrons. The van der Waals surface area contributed by atoms with Gasteiger partial charge in [-0.05, 0) is 20.6 Å². The summed E-state index contributed by atoms with van der Waals surface area (Å²) in [5, 5.41) is 3.35. The molecule has 0 rings (SSSR count). The lowest BCUT2D eigenvalue weighted by Crippen LogP contribution is -2.41. The van der Waals surface area contributed by atoms with E-state index in [0.717, 1.165) is 19.7 Å². The van der Waals surface area contributed by atoms with Gasteiger partial charge in [0, 0.05) is 19.7 Å². The highest BCUT2D eigenvalue weighted by atomic mass is 16.5. The first-order valence-corrected chi connectivity index (χ1v) is 4.07. The molecule has 0 aromatic carbocycles. The standard InChI is InChI=1S/C8H20N2O/c1-5-9-8(7-11-4)6-10(2)3/h8-9H,5-7H2,1-4H3. The van der Waals surface area contributed by atoms with E-state index in [1.807, 2.05) is 0 Å². The van der Waals surface area contributed by atoms with E-state index in [-0.39, 0.29) is 0 Å². The lowest BCUT2D eigenvalue weighted by molar-refractivity contribution is 0.152. The molecular weight excluding hydrogens is 140 g/mol. The average molecular weight is 160 g/mol. The minimum Gasteiger partial charge on any atom is -0.383 e. The van der Waals surface area contributed by atoms with Crippen molar-refractivity contribution >= 4 is 0 Å². The second-order valence-electron chi connectivity index (χ2n) is 2.97. The fourth-order valence-electron chi connectivity index (χ4n) is 1.11. The van der Waals surface area contributed by atoms with Crippen molar-refractivity contribution < 1.29 is 4.74 Å². The molecule has 0 aliphatic carbocycles. The fourth-order valence-corrected chi connectivity index (χ4v) is 1.11. The average Bonchev–Trinajstić information content (AvgIpc) is 1.87. The molecule has 1 N–H and O–H groups in total. The monoisotopic (exact) mass is 160 g/mol. The molecule has 3 heteroatoms. The number of hydrogen-bond donors (Lipinski definition) is 1. The fraction of sp³-hybridized carbons (Fsp3) is 1.00. The first-order chi connectivity index (χ1) is 5.20. The Hall–Kier alpha value is -0.120. The smallest absolute Gasteiger partial charge is 0.0628 e. The topological polar surface area (TPSA) is 24.5 Å². The summed E-state index contributed by atoms with van der Waals surface area (Å²) in [5.41, 5.74) is 0. The first kappa shape index (κ1) is 10.9. The molecule has 0 spiro atoms. The van der Waals surface area contributed by atoms with Gasteiger partial charge in [-0.1, -0.05) is 6.92 Å². The summed E-state index contributed by atoms with van der Waals surface area (Å²) in [6, 6.07) is 0.458. The van der Waals surface area contributed by atoms with Crippen molar-refractivity contribution in [2.45, 2.75) is 13.0 Å². The van der Waals surface area contributed by atoms with Crippen LogP contribution in [0.25, 0.3) is 0 Å². The van der Waals surface area contributed by atoms with Gasteiger partial charge in [-0.3, -0.25) is 0 Å². The zero-order chi connectivity index (χ0) is 8.69. The van der Waals surface area contributed by atoms with E-state index in [1.165, 1.54) is 0 Å². The van der Waals surface area contributed by atoms with Crippen LogP contribution in [0.5, 0.6) is 0 Å². The van der Waals surface area contributed by atoms with Gasteiger partial charge in [-0.2, -0.15) is 0 Å². The van der Waals surface area contributed by atoms with Crippen LogP contribution in [0.15, 0.2) is 0 Å². The van der Waals surface area contributed by atoms with Crippen LogP contribution in [0, 0.1) is 0 Å². The highest BCUT2D eigenvalue weighted by molar-refractivity contribution is 4.67. The van der Waals surface area contributed by atoms with E-state index >= 15 is 0 Å². The van der Waals surface area contributed by atoms with Crippen LogP contribution in [-0.4, -0.2) is 51.8 Å². The SMILES string of the molecule is CCNC(COC)CN(C)C. The van der Waals surface area contributed by atoms with Gasteiger partial charge in [0.15, 0.2) is 0 Å².